The normalized spacial score (nSPS) is 13.1. The molecule has 0 fully saturated rings. The van der Waals surface area contributed by atoms with Crippen molar-refractivity contribution in [3.05, 3.63) is 59.2 Å². The number of aromatic amines is 1. The maximum absolute atomic E-state index is 14.7. The fraction of sp³-hybridized carbons (Fsp3) is 0.227. The minimum atomic E-state index is -0.798. The van der Waals surface area contributed by atoms with Crippen LogP contribution in [0.5, 0.6) is 0 Å². The molecular weight excluding hydrogens is 401 g/mol. The van der Waals surface area contributed by atoms with Crippen LogP contribution in [0.15, 0.2) is 36.5 Å². The van der Waals surface area contributed by atoms with Gasteiger partial charge in [0.2, 0.25) is 0 Å². The number of nitrogens with zero attached hydrogens (tertiary/aromatic N) is 4. The highest BCUT2D eigenvalue weighted by molar-refractivity contribution is 6.10. The van der Waals surface area contributed by atoms with Gasteiger partial charge in [-0.05, 0) is 45.0 Å². The Balaban J connectivity index is 1.88. The number of hydrogen-bond donors (Lipinski definition) is 1. The Hall–Kier alpha value is -4.06. The first-order chi connectivity index (χ1) is 14.7. The van der Waals surface area contributed by atoms with Gasteiger partial charge in [0, 0.05) is 11.8 Å². The van der Waals surface area contributed by atoms with E-state index in [1.54, 1.807) is 33.0 Å². The molecule has 1 aliphatic heterocycles. The van der Waals surface area contributed by atoms with E-state index in [0.717, 1.165) is 4.90 Å². The number of halogens is 1. The number of aromatic nitrogens is 3. The molecule has 3 aromatic rings. The lowest BCUT2D eigenvalue weighted by Gasteiger charge is -2.23. The highest BCUT2D eigenvalue weighted by atomic mass is 19.1. The molecule has 2 aromatic heterocycles. The standard InChI is InChI=1S/C22H18FN5O3/c1-22(2,3)31-21(30)28-11-17-19(20(28)29)13(15-7-8-25-27-15)9-16(26-17)18-12(10-24)5-4-6-14(18)23/h4-9H,11H2,1-3H3,(H,25,27). The molecule has 4 rings (SSSR count). The zero-order valence-electron chi connectivity index (χ0n) is 17.1. The summed E-state index contributed by atoms with van der Waals surface area (Å²) in [5.74, 6) is -1.19. The van der Waals surface area contributed by atoms with Gasteiger partial charge in [0.15, 0.2) is 0 Å². The third kappa shape index (κ3) is 3.64. The van der Waals surface area contributed by atoms with Gasteiger partial charge in [-0.15, -0.1) is 0 Å². The number of ether oxygens (including phenoxy) is 1. The fourth-order valence-electron chi connectivity index (χ4n) is 3.39. The Morgan fingerprint density at radius 2 is 2.03 bits per heavy atom. The second kappa shape index (κ2) is 7.32. The van der Waals surface area contributed by atoms with Crippen LogP contribution in [0.3, 0.4) is 0 Å². The van der Waals surface area contributed by atoms with Crippen molar-refractivity contribution in [3.63, 3.8) is 0 Å². The van der Waals surface area contributed by atoms with Crippen molar-refractivity contribution in [3.8, 4) is 28.6 Å². The third-order valence-corrected chi connectivity index (χ3v) is 4.64. The lowest BCUT2D eigenvalue weighted by Crippen LogP contribution is -2.37. The molecule has 31 heavy (non-hydrogen) atoms. The molecule has 8 nitrogen and oxygen atoms in total. The van der Waals surface area contributed by atoms with Crippen LogP contribution in [0.4, 0.5) is 9.18 Å². The molecule has 0 saturated carbocycles. The Labute approximate surface area is 177 Å². The number of benzene rings is 1. The largest absolute Gasteiger partial charge is 0.443 e. The van der Waals surface area contributed by atoms with E-state index >= 15 is 0 Å². The van der Waals surface area contributed by atoms with Crippen LogP contribution in [0, 0.1) is 17.1 Å². The second-order valence-electron chi connectivity index (χ2n) is 7.98. The van der Waals surface area contributed by atoms with Crippen LogP contribution in [0.1, 0.15) is 42.4 Å². The van der Waals surface area contributed by atoms with Crippen molar-refractivity contribution in [2.24, 2.45) is 0 Å². The first-order valence-electron chi connectivity index (χ1n) is 9.47. The predicted molar refractivity (Wildman–Crippen MR) is 108 cm³/mol. The molecule has 0 unspecified atom stereocenters. The van der Waals surface area contributed by atoms with Crippen molar-refractivity contribution in [1.29, 1.82) is 5.26 Å². The summed E-state index contributed by atoms with van der Waals surface area (Å²) in [7, 11) is 0. The first-order valence-corrected chi connectivity index (χ1v) is 9.47. The van der Waals surface area contributed by atoms with E-state index in [2.05, 4.69) is 15.2 Å². The topological polar surface area (TPSA) is 112 Å². The van der Waals surface area contributed by atoms with Gasteiger partial charge in [0.1, 0.15) is 11.4 Å². The van der Waals surface area contributed by atoms with Gasteiger partial charge in [-0.1, -0.05) is 6.07 Å². The molecule has 1 aromatic carbocycles. The average Bonchev–Trinajstić information content (AvgIpc) is 3.34. The number of H-pyrrole nitrogens is 1. The van der Waals surface area contributed by atoms with Crippen molar-refractivity contribution < 1.29 is 18.7 Å². The third-order valence-electron chi connectivity index (χ3n) is 4.64. The fourth-order valence-corrected chi connectivity index (χ4v) is 3.39. The monoisotopic (exact) mass is 419 g/mol. The number of pyridine rings is 1. The highest BCUT2D eigenvalue weighted by Gasteiger charge is 2.39. The SMILES string of the molecule is CC(C)(C)OC(=O)N1Cc2nc(-c3c(F)cccc3C#N)cc(-c3cc[nH]n3)c2C1=O. The smallest absolute Gasteiger partial charge is 0.417 e. The molecule has 0 atom stereocenters. The van der Waals surface area contributed by atoms with Crippen LogP contribution in [0.2, 0.25) is 0 Å². The summed E-state index contributed by atoms with van der Waals surface area (Å²) in [6.45, 7) is 4.97. The second-order valence-corrected chi connectivity index (χ2v) is 7.98. The van der Waals surface area contributed by atoms with E-state index in [-0.39, 0.29) is 34.6 Å². The zero-order chi connectivity index (χ0) is 22.3. The zero-order valence-corrected chi connectivity index (χ0v) is 17.1. The van der Waals surface area contributed by atoms with Gasteiger partial charge >= 0.3 is 6.09 Å². The maximum atomic E-state index is 14.7. The average molecular weight is 419 g/mol. The molecule has 0 saturated heterocycles. The van der Waals surface area contributed by atoms with E-state index in [1.807, 2.05) is 6.07 Å². The van der Waals surface area contributed by atoms with E-state index in [0.29, 0.717) is 11.3 Å². The number of rotatable bonds is 2. The molecule has 1 aliphatic rings. The highest BCUT2D eigenvalue weighted by Crippen LogP contribution is 2.36. The molecular formula is C22H18FN5O3. The minimum Gasteiger partial charge on any atom is -0.443 e. The minimum absolute atomic E-state index is 0.0211. The number of carbonyl (C=O) groups is 2. The van der Waals surface area contributed by atoms with Gasteiger partial charge < -0.3 is 4.74 Å². The Kier molecular flexibility index (Phi) is 4.78. The summed E-state index contributed by atoms with van der Waals surface area (Å²) in [5, 5.41) is 16.2. The van der Waals surface area contributed by atoms with E-state index in [4.69, 9.17) is 4.74 Å². The van der Waals surface area contributed by atoms with Crippen LogP contribution in [0.25, 0.3) is 22.5 Å². The molecule has 0 radical (unpaired) electrons. The summed E-state index contributed by atoms with van der Waals surface area (Å²) in [6.07, 6.45) is 0.782. The Morgan fingerprint density at radius 3 is 2.68 bits per heavy atom. The lowest BCUT2D eigenvalue weighted by atomic mass is 9.98. The summed E-state index contributed by atoms with van der Waals surface area (Å²) in [5.41, 5.74) is 0.783. The van der Waals surface area contributed by atoms with Crippen LogP contribution in [-0.4, -0.2) is 37.7 Å². The molecule has 9 heteroatoms. The maximum Gasteiger partial charge on any atom is 0.417 e. The molecule has 0 bridgehead atoms. The first kappa shape index (κ1) is 20.2. The Bertz CT molecular complexity index is 1240. The van der Waals surface area contributed by atoms with Crippen molar-refractivity contribution >= 4 is 12.0 Å². The molecule has 3 heterocycles. The van der Waals surface area contributed by atoms with Gasteiger partial charge in [-0.3, -0.25) is 9.89 Å². The molecule has 2 amide bonds. The number of nitrogens with one attached hydrogen (secondary N) is 1. The predicted octanol–water partition coefficient (Wildman–Crippen LogP) is 4.04. The summed E-state index contributed by atoms with van der Waals surface area (Å²) in [4.78, 5) is 31.1. The number of fused-ring (bicyclic) bond motifs is 1. The number of nitriles is 1. The van der Waals surface area contributed by atoms with Crippen LogP contribution >= 0.6 is 0 Å². The molecule has 156 valence electrons. The molecule has 0 spiro atoms. The number of amides is 2. The van der Waals surface area contributed by atoms with Gasteiger partial charge in [0.05, 0.1) is 46.4 Å². The quantitative estimate of drug-likeness (QED) is 0.671. The number of imide groups is 1. The van der Waals surface area contributed by atoms with E-state index in [1.165, 1.54) is 24.3 Å². The summed E-state index contributed by atoms with van der Waals surface area (Å²) >= 11 is 0. The van der Waals surface area contributed by atoms with E-state index < -0.39 is 23.4 Å². The summed E-state index contributed by atoms with van der Waals surface area (Å²) < 4.78 is 20.0. The summed E-state index contributed by atoms with van der Waals surface area (Å²) in [6, 6.07) is 9.28. The van der Waals surface area contributed by atoms with Crippen molar-refractivity contribution in [2.45, 2.75) is 32.9 Å². The van der Waals surface area contributed by atoms with Gasteiger partial charge in [0.25, 0.3) is 5.91 Å². The van der Waals surface area contributed by atoms with Crippen LogP contribution in [-0.2, 0) is 11.3 Å². The van der Waals surface area contributed by atoms with Crippen molar-refractivity contribution in [1.82, 2.24) is 20.1 Å². The van der Waals surface area contributed by atoms with E-state index in [9.17, 15) is 19.2 Å². The lowest BCUT2D eigenvalue weighted by molar-refractivity contribution is 0.0247. The van der Waals surface area contributed by atoms with Gasteiger partial charge in [-0.25, -0.2) is 19.1 Å². The number of hydrogen-bond acceptors (Lipinski definition) is 6. The number of carbonyl (C=O) groups excluding carboxylic acids is 2. The Morgan fingerprint density at radius 1 is 1.26 bits per heavy atom. The van der Waals surface area contributed by atoms with Crippen LogP contribution < -0.4 is 0 Å². The van der Waals surface area contributed by atoms with Crippen molar-refractivity contribution in [2.75, 3.05) is 0 Å². The molecule has 1 N–H and O–H groups in total. The molecule has 0 aliphatic carbocycles. The van der Waals surface area contributed by atoms with Gasteiger partial charge in [-0.2, -0.15) is 10.4 Å².